The predicted octanol–water partition coefficient (Wildman–Crippen LogP) is 1.78. The van der Waals surface area contributed by atoms with E-state index in [0.29, 0.717) is 26.3 Å². The SMILES string of the molecule is CC/C=C/CCN(CC1OCCO1)C(=O)CCl. The molecule has 1 saturated heterocycles. The molecular formula is C12H20ClNO3. The average molecular weight is 262 g/mol. The van der Waals surface area contributed by atoms with Crippen molar-refractivity contribution in [2.75, 3.05) is 32.2 Å². The summed E-state index contributed by atoms with van der Waals surface area (Å²) < 4.78 is 10.7. The van der Waals surface area contributed by atoms with Gasteiger partial charge in [0, 0.05) is 6.54 Å². The highest BCUT2D eigenvalue weighted by Crippen LogP contribution is 2.07. The fraction of sp³-hybridized carbons (Fsp3) is 0.750. The van der Waals surface area contributed by atoms with Gasteiger partial charge in [0.25, 0.3) is 0 Å². The topological polar surface area (TPSA) is 38.8 Å². The van der Waals surface area contributed by atoms with E-state index < -0.39 is 0 Å². The Hall–Kier alpha value is -0.580. The van der Waals surface area contributed by atoms with Gasteiger partial charge in [0.1, 0.15) is 5.88 Å². The molecular weight excluding hydrogens is 242 g/mol. The molecule has 4 nitrogen and oxygen atoms in total. The molecule has 0 atom stereocenters. The third kappa shape index (κ3) is 5.52. The Morgan fingerprint density at radius 3 is 2.71 bits per heavy atom. The van der Waals surface area contributed by atoms with Gasteiger partial charge in [-0.2, -0.15) is 0 Å². The zero-order chi connectivity index (χ0) is 12.5. The van der Waals surface area contributed by atoms with Crippen LogP contribution in [0, 0.1) is 0 Å². The van der Waals surface area contributed by atoms with Crippen LogP contribution in [0.4, 0.5) is 0 Å². The Kier molecular flexibility index (Phi) is 7.24. The van der Waals surface area contributed by atoms with Crippen molar-refractivity contribution in [2.45, 2.75) is 26.1 Å². The largest absolute Gasteiger partial charge is 0.348 e. The molecule has 0 aromatic rings. The van der Waals surface area contributed by atoms with E-state index in [1.54, 1.807) is 4.90 Å². The molecule has 1 amide bonds. The van der Waals surface area contributed by atoms with Gasteiger partial charge in [0.2, 0.25) is 5.91 Å². The van der Waals surface area contributed by atoms with E-state index in [2.05, 4.69) is 19.1 Å². The van der Waals surface area contributed by atoms with E-state index in [0.717, 1.165) is 12.8 Å². The second kappa shape index (κ2) is 8.50. The van der Waals surface area contributed by atoms with Crippen molar-refractivity contribution in [3.05, 3.63) is 12.2 Å². The van der Waals surface area contributed by atoms with Gasteiger partial charge >= 0.3 is 0 Å². The summed E-state index contributed by atoms with van der Waals surface area (Å²) in [5.41, 5.74) is 0. The van der Waals surface area contributed by atoms with Crippen molar-refractivity contribution in [3.8, 4) is 0 Å². The van der Waals surface area contributed by atoms with Gasteiger partial charge in [-0.15, -0.1) is 11.6 Å². The number of halogens is 1. The minimum absolute atomic E-state index is 0.00418. The Morgan fingerprint density at radius 1 is 1.41 bits per heavy atom. The van der Waals surface area contributed by atoms with E-state index in [9.17, 15) is 4.79 Å². The van der Waals surface area contributed by atoms with E-state index in [1.165, 1.54) is 0 Å². The fourth-order valence-electron chi connectivity index (χ4n) is 1.61. The number of ether oxygens (including phenoxy) is 2. The first-order chi connectivity index (χ1) is 8.27. The first-order valence-corrected chi connectivity index (χ1v) is 6.53. The quantitative estimate of drug-likeness (QED) is 0.518. The number of alkyl halides is 1. The smallest absolute Gasteiger partial charge is 0.237 e. The van der Waals surface area contributed by atoms with E-state index in [-0.39, 0.29) is 18.1 Å². The minimum atomic E-state index is -0.294. The molecule has 0 aromatic carbocycles. The molecule has 0 aromatic heterocycles. The lowest BCUT2D eigenvalue weighted by Gasteiger charge is -2.23. The average Bonchev–Trinajstić information content (AvgIpc) is 2.85. The molecule has 0 N–H and O–H groups in total. The number of nitrogens with zero attached hydrogens (tertiary/aromatic N) is 1. The number of amides is 1. The van der Waals surface area contributed by atoms with Crippen LogP contribution in [-0.2, 0) is 14.3 Å². The Morgan fingerprint density at radius 2 is 2.12 bits per heavy atom. The summed E-state index contributed by atoms with van der Waals surface area (Å²) in [5, 5.41) is 0. The summed E-state index contributed by atoms with van der Waals surface area (Å²) in [6.07, 6.45) is 5.72. The molecule has 1 aliphatic heterocycles. The van der Waals surface area contributed by atoms with Crippen LogP contribution in [0.5, 0.6) is 0 Å². The summed E-state index contributed by atoms with van der Waals surface area (Å²) in [5.74, 6) is -0.0693. The van der Waals surface area contributed by atoms with Gasteiger partial charge in [0.05, 0.1) is 19.8 Å². The molecule has 0 bridgehead atoms. The molecule has 5 heteroatoms. The molecule has 1 fully saturated rings. The van der Waals surface area contributed by atoms with Crippen molar-refractivity contribution in [1.29, 1.82) is 0 Å². The Bertz CT molecular complexity index is 252. The van der Waals surface area contributed by atoms with Crippen molar-refractivity contribution in [3.63, 3.8) is 0 Å². The standard InChI is InChI=1S/C12H20ClNO3/c1-2-3-4-5-6-14(11(15)9-13)10-12-16-7-8-17-12/h3-4,12H,2,5-10H2,1H3/b4-3+. The molecule has 98 valence electrons. The normalized spacial score (nSPS) is 16.8. The van der Waals surface area contributed by atoms with Crippen molar-refractivity contribution in [2.24, 2.45) is 0 Å². The third-order valence-electron chi connectivity index (χ3n) is 2.50. The third-order valence-corrected chi connectivity index (χ3v) is 2.72. The number of hydrogen-bond acceptors (Lipinski definition) is 3. The van der Waals surface area contributed by atoms with Gasteiger partial charge in [0.15, 0.2) is 6.29 Å². The molecule has 0 aliphatic carbocycles. The maximum Gasteiger partial charge on any atom is 0.237 e. The molecule has 1 heterocycles. The molecule has 0 saturated carbocycles. The van der Waals surface area contributed by atoms with E-state index >= 15 is 0 Å². The predicted molar refractivity (Wildman–Crippen MR) is 67.0 cm³/mol. The number of hydrogen-bond donors (Lipinski definition) is 0. The number of rotatable bonds is 7. The van der Waals surface area contributed by atoms with Gasteiger partial charge in [-0.25, -0.2) is 0 Å². The first kappa shape index (κ1) is 14.5. The van der Waals surface area contributed by atoms with Crippen LogP contribution in [0.15, 0.2) is 12.2 Å². The number of carbonyl (C=O) groups is 1. The van der Waals surface area contributed by atoms with Gasteiger partial charge in [-0.05, 0) is 12.8 Å². The number of allylic oxidation sites excluding steroid dienone is 1. The van der Waals surface area contributed by atoms with Crippen LogP contribution in [0.25, 0.3) is 0 Å². The van der Waals surface area contributed by atoms with Crippen LogP contribution in [0.1, 0.15) is 19.8 Å². The minimum Gasteiger partial charge on any atom is -0.348 e. The highest BCUT2D eigenvalue weighted by Gasteiger charge is 2.22. The molecule has 17 heavy (non-hydrogen) atoms. The van der Waals surface area contributed by atoms with Crippen LogP contribution in [-0.4, -0.2) is 49.3 Å². The summed E-state index contributed by atoms with van der Waals surface area (Å²) in [4.78, 5) is 13.3. The molecule has 1 rings (SSSR count). The van der Waals surface area contributed by atoms with Crippen molar-refractivity contribution in [1.82, 2.24) is 4.90 Å². The van der Waals surface area contributed by atoms with Crippen LogP contribution >= 0.6 is 11.6 Å². The fourth-order valence-corrected chi connectivity index (χ4v) is 1.78. The highest BCUT2D eigenvalue weighted by molar-refractivity contribution is 6.27. The molecule has 0 spiro atoms. The van der Waals surface area contributed by atoms with Gasteiger partial charge in [-0.1, -0.05) is 19.1 Å². The molecule has 0 radical (unpaired) electrons. The monoisotopic (exact) mass is 261 g/mol. The second-order valence-electron chi connectivity index (χ2n) is 3.81. The lowest BCUT2D eigenvalue weighted by atomic mass is 10.3. The lowest BCUT2D eigenvalue weighted by molar-refractivity contribution is -0.134. The zero-order valence-corrected chi connectivity index (χ0v) is 11.0. The second-order valence-corrected chi connectivity index (χ2v) is 4.08. The zero-order valence-electron chi connectivity index (χ0n) is 10.2. The van der Waals surface area contributed by atoms with Crippen LogP contribution in [0.3, 0.4) is 0 Å². The summed E-state index contributed by atoms with van der Waals surface area (Å²) in [6.45, 7) is 4.40. The summed E-state index contributed by atoms with van der Waals surface area (Å²) >= 11 is 5.58. The van der Waals surface area contributed by atoms with E-state index in [4.69, 9.17) is 21.1 Å². The maximum absolute atomic E-state index is 11.6. The molecule has 1 aliphatic rings. The first-order valence-electron chi connectivity index (χ1n) is 5.99. The number of carbonyl (C=O) groups excluding carboxylic acids is 1. The van der Waals surface area contributed by atoms with Crippen LogP contribution in [0.2, 0.25) is 0 Å². The highest BCUT2D eigenvalue weighted by atomic mass is 35.5. The Labute approximate surface area is 108 Å². The van der Waals surface area contributed by atoms with Gasteiger partial charge < -0.3 is 14.4 Å². The Balaban J connectivity index is 2.36. The van der Waals surface area contributed by atoms with Crippen molar-refractivity contribution < 1.29 is 14.3 Å². The summed E-state index contributed by atoms with van der Waals surface area (Å²) in [6, 6.07) is 0. The van der Waals surface area contributed by atoms with Crippen LogP contribution < -0.4 is 0 Å². The van der Waals surface area contributed by atoms with Crippen molar-refractivity contribution >= 4 is 17.5 Å². The maximum atomic E-state index is 11.6. The molecule has 0 unspecified atom stereocenters. The summed E-state index contributed by atoms with van der Waals surface area (Å²) in [7, 11) is 0. The lowest BCUT2D eigenvalue weighted by Crippen LogP contribution is -2.39. The van der Waals surface area contributed by atoms with E-state index in [1.807, 2.05) is 0 Å². The van der Waals surface area contributed by atoms with Gasteiger partial charge in [-0.3, -0.25) is 4.79 Å².